The highest BCUT2D eigenvalue weighted by atomic mass is 16.2. The van der Waals surface area contributed by atoms with Crippen LogP contribution in [0.4, 0.5) is 5.69 Å². The third-order valence-electron chi connectivity index (χ3n) is 5.11. The van der Waals surface area contributed by atoms with Crippen LogP contribution in [0.1, 0.15) is 38.4 Å². The Kier molecular flexibility index (Phi) is 5.78. The van der Waals surface area contributed by atoms with E-state index in [1.807, 2.05) is 68.7 Å². The molecule has 0 fully saturated rings. The van der Waals surface area contributed by atoms with Crippen molar-refractivity contribution in [3.8, 4) is 0 Å². The lowest BCUT2D eigenvalue weighted by Crippen LogP contribution is -2.27. The first kappa shape index (κ1) is 19.6. The minimum absolute atomic E-state index is 0.208. The molecule has 2 aromatic carbocycles. The first-order valence-corrected chi connectivity index (χ1v) is 9.50. The van der Waals surface area contributed by atoms with Crippen LogP contribution in [0.2, 0.25) is 0 Å². The molecule has 1 aromatic heterocycles. The average Bonchev–Trinajstić information content (AvgIpc) is 2.65. The van der Waals surface area contributed by atoms with Gasteiger partial charge in [0.2, 0.25) is 0 Å². The number of benzene rings is 2. The van der Waals surface area contributed by atoms with Crippen molar-refractivity contribution in [2.75, 3.05) is 5.32 Å². The van der Waals surface area contributed by atoms with E-state index in [0.717, 1.165) is 28.9 Å². The van der Waals surface area contributed by atoms with Crippen molar-refractivity contribution in [3.05, 3.63) is 98.5 Å². The number of carbonyl (C=O) groups excluding carboxylic acids is 1. The summed E-state index contributed by atoms with van der Waals surface area (Å²) < 4.78 is 2.05. The van der Waals surface area contributed by atoms with Crippen LogP contribution in [0, 0.1) is 27.7 Å². The van der Waals surface area contributed by atoms with Gasteiger partial charge in [0.15, 0.2) is 5.43 Å². The molecule has 3 aromatic rings. The van der Waals surface area contributed by atoms with Crippen molar-refractivity contribution < 1.29 is 4.79 Å². The summed E-state index contributed by atoms with van der Waals surface area (Å²) in [5.41, 5.74) is 5.51. The molecule has 0 unspecified atom stereocenters. The molecule has 0 aliphatic carbocycles. The Morgan fingerprint density at radius 1 is 0.964 bits per heavy atom. The van der Waals surface area contributed by atoms with Crippen molar-refractivity contribution >= 4 is 11.6 Å². The molecule has 1 heterocycles. The number of nitrogens with one attached hydrogen (secondary N) is 1. The molecule has 0 saturated heterocycles. The van der Waals surface area contributed by atoms with Crippen molar-refractivity contribution in [2.45, 2.75) is 40.7 Å². The van der Waals surface area contributed by atoms with Crippen LogP contribution >= 0.6 is 0 Å². The van der Waals surface area contributed by atoms with Crippen molar-refractivity contribution in [1.29, 1.82) is 0 Å². The maximum atomic E-state index is 12.9. The fraction of sp³-hybridized carbons (Fsp3) is 0.250. The first-order valence-electron chi connectivity index (χ1n) is 9.50. The molecular weight excluding hydrogens is 348 g/mol. The van der Waals surface area contributed by atoms with Gasteiger partial charge in [-0.25, -0.2) is 0 Å². The fourth-order valence-electron chi connectivity index (χ4n) is 3.48. The van der Waals surface area contributed by atoms with Crippen LogP contribution in [0.5, 0.6) is 0 Å². The van der Waals surface area contributed by atoms with Crippen molar-refractivity contribution in [1.82, 2.24) is 4.57 Å². The number of anilines is 1. The summed E-state index contributed by atoms with van der Waals surface area (Å²) >= 11 is 0. The van der Waals surface area contributed by atoms with E-state index in [1.165, 1.54) is 5.56 Å². The van der Waals surface area contributed by atoms with Gasteiger partial charge in [-0.1, -0.05) is 42.5 Å². The molecule has 0 radical (unpaired) electrons. The number of nitrogens with zero attached hydrogens (tertiary/aromatic N) is 1. The number of aryl methyl sites for hydroxylation is 4. The van der Waals surface area contributed by atoms with E-state index in [2.05, 4.69) is 17.4 Å². The molecule has 144 valence electrons. The fourth-order valence-corrected chi connectivity index (χ4v) is 3.48. The first-order chi connectivity index (χ1) is 13.4. The van der Waals surface area contributed by atoms with Crippen LogP contribution in [0.3, 0.4) is 0 Å². The van der Waals surface area contributed by atoms with Gasteiger partial charge >= 0.3 is 0 Å². The van der Waals surface area contributed by atoms with E-state index in [0.29, 0.717) is 12.2 Å². The summed E-state index contributed by atoms with van der Waals surface area (Å²) in [6, 6.07) is 17.6. The molecule has 0 aliphatic heterocycles. The average molecular weight is 374 g/mol. The van der Waals surface area contributed by atoms with E-state index in [-0.39, 0.29) is 16.9 Å². The zero-order valence-corrected chi connectivity index (χ0v) is 16.9. The van der Waals surface area contributed by atoms with E-state index in [1.54, 1.807) is 6.07 Å². The lowest BCUT2D eigenvalue weighted by Gasteiger charge is -2.18. The van der Waals surface area contributed by atoms with E-state index < -0.39 is 0 Å². The molecule has 28 heavy (non-hydrogen) atoms. The number of aromatic nitrogens is 1. The zero-order valence-electron chi connectivity index (χ0n) is 16.9. The third-order valence-corrected chi connectivity index (χ3v) is 5.11. The predicted octanol–water partition coefficient (Wildman–Crippen LogP) is 4.58. The molecule has 4 nitrogen and oxygen atoms in total. The number of carbonyl (C=O) groups is 1. The molecule has 3 rings (SSSR count). The second-order valence-electron chi connectivity index (χ2n) is 7.27. The molecule has 1 N–H and O–H groups in total. The Labute approximate surface area is 165 Å². The monoisotopic (exact) mass is 374 g/mol. The molecule has 1 amide bonds. The number of rotatable bonds is 5. The summed E-state index contributed by atoms with van der Waals surface area (Å²) in [5.74, 6) is -0.357. The molecule has 0 aliphatic rings. The number of hydrogen-bond donors (Lipinski definition) is 1. The Morgan fingerprint density at radius 2 is 1.68 bits per heavy atom. The van der Waals surface area contributed by atoms with Gasteiger partial charge in [-0.05, 0) is 56.9 Å². The van der Waals surface area contributed by atoms with Crippen LogP contribution < -0.4 is 10.7 Å². The quantitative estimate of drug-likeness (QED) is 0.711. The van der Waals surface area contributed by atoms with Crippen molar-refractivity contribution in [3.63, 3.8) is 0 Å². The van der Waals surface area contributed by atoms with Gasteiger partial charge in [-0.2, -0.15) is 0 Å². The minimum Gasteiger partial charge on any atom is -0.348 e. The number of amides is 1. The Morgan fingerprint density at radius 3 is 2.39 bits per heavy atom. The van der Waals surface area contributed by atoms with E-state index in [9.17, 15) is 9.59 Å². The van der Waals surface area contributed by atoms with Gasteiger partial charge in [0.05, 0.1) is 0 Å². The van der Waals surface area contributed by atoms with Crippen LogP contribution in [-0.4, -0.2) is 10.5 Å². The second-order valence-corrected chi connectivity index (χ2v) is 7.27. The Hall–Kier alpha value is -3.14. The van der Waals surface area contributed by atoms with Crippen LogP contribution in [-0.2, 0) is 13.0 Å². The van der Waals surface area contributed by atoms with E-state index >= 15 is 0 Å². The zero-order chi connectivity index (χ0) is 20.3. The minimum atomic E-state index is -0.357. The highest BCUT2D eigenvalue weighted by Crippen LogP contribution is 2.18. The van der Waals surface area contributed by atoms with Gasteiger partial charge in [-0.3, -0.25) is 9.59 Å². The van der Waals surface area contributed by atoms with Crippen LogP contribution in [0.15, 0.2) is 59.4 Å². The molecular formula is C24H26N2O2. The Bertz CT molecular complexity index is 1070. The number of pyridine rings is 1. The second kappa shape index (κ2) is 8.26. The molecule has 0 spiro atoms. The normalized spacial score (nSPS) is 10.7. The SMILES string of the molecule is Cc1ccc(C)c(NC(=O)c2c(C)n(CCc3ccccc3)c(C)cc2=O)c1. The molecule has 4 heteroatoms. The third kappa shape index (κ3) is 4.22. The number of hydrogen-bond acceptors (Lipinski definition) is 2. The summed E-state index contributed by atoms with van der Waals surface area (Å²) in [5, 5.41) is 2.92. The van der Waals surface area contributed by atoms with Gasteiger partial charge in [0.1, 0.15) is 5.56 Å². The van der Waals surface area contributed by atoms with Gasteiger partial charge in [-0.15, -0.1) is 0 Å². The Balaban J connectivity index is 1.91. The van der Waals surface area contributed by atoms with Gasteiger partial charge < -0.3 is 9.88 Å². The summed E-state index contributed by atoms with van der Waals surface area (Å²) in [6.07, 6.45) is 0.837. The molecule has 0 atom stereocenters. The summed E-state index contributed by atoms with van der Waals surface area (Å²) in [7, 11) is 0. The summed E-state index contributed by atoms with van der Waals surface area (Å²) in [6.45, 7) is 8.38. The smallest absolute Gasteiger partial charge is 0.261 e. The highest BCUT2D eigenvalue weighted by molar-refractivity contribution is 6.05. The maximum absolute atomic E-state index is 12.9. The maximum Gasteiger partial charge on any atom is 0.261 e. The molecule has 0 saturated carbocycles. The van der Waals surface area contributed by atoms with Gasteiger partial charge in [0.25, 0.3) is 5.91 Å². The molecule has 0 bridgehead atoms. The standard InChI is InChI=1S/C24H26N2O2/c1-16-10-11-17(2)21(14-16)25-24(28)23-19(4)26(18(3)15-22(23)27)13-12-20-8-6-5-7-9-20/h5-11,14-15H,12-13H2,1-4H3,(H,25,28). The lowest BCUT2D eigenvalue weighted by molar-refractivity contribution is 0.102. The predicted molar refractivity (Wildman–Crippen MR) is 114 cm³/mol. The van der Waals surface area contributed by atoms with Crippen molar-refractivity contribution in [2.24, 2.45) is 0 Å². The topological polar surface area (TPSA) is 51.1 Å². The highest BCUT2D eigenvalue weighted by Gasteiger charge is 2.18. The van der Waals surface area contributed by atoms with E-state index in [4.69, 9.17) is 0 Å². The summed E-state index contributed by atoms with van der Waals surface area (Å²) in [4.78, 5) is 25.5. The van der Waals surface area contributed by atoms with Crippen LogP contribution in [0.25, 0.3) is 0 Å². The largest absolute Gasteiger partial charge is 0.348 e. The van der Waals surface area contributed by atoms with Gasteiger partial charge in [0, 0.05) is 29.7 Å². The lowest BCUT2D eigenvalue weighted by atomic mass is 10.1.